The first-order chi connectivity index (χ1) is 13.4. The molecule has 1 fully saturated rings. The van der Waals surface area contributed by atoms with Gasteiger partial charge in [0.25, 0.3) is 5.91 Å². The molecule has 144 valence electrons. The van der Waals surface area contributed by atoms with E-state index in [-0.39, 0.29) is 4.32 Å². The lowest BCUT2D eigenvalue weighted by atomic mass is 10.2. The van der Waals surface area contributed by atoms with Crippen LogP contribution in [0.15, 0.2) is 47.4 Å². The lowest BCUT2D eigenvalue weighted by Gasteiger charge is -2.16. The Balaban J connectivity index is 1.68. The predicted octanol–water partition coefficient (Wildman–Crippen LogP) is 4.94. The number of amides is 3. The number of carbonyl (C=O) groups is 2. The van der Waals surface area contributed by atoms with Crippen molar-refractivity contribution in [3.63, 3.8) is 0 Å². The molecule has 28 heavy (non-hydrogen) atoms. The van der Waals surface area contributed by atoms with E-state index in [0.717, 1.165) is 22.3 Å². The highest BCUT2D eigenvalue weighted by atomic mass is 35.5. The highest BCUT2D eigenvalue weighted by molar-refractivity contribution is 8.26. The molecular weight excluding hydrogens is 441 g/mol. The number of hydrogen-bond acceptors (Lipinski definition) is 5. The number of benzene rings is 2. The Bertz CT molecular complexity index is 981. The normalized spacial score (nSPS) is 15.1. The second-order valence-corrected chi connectivity index (χ2v) is 7.98. The van der Waals surface area contributed by atoms with E-state index in [2.05, 4.69) is 10.7 Å². The van der Waals surface area contributed by atoms with Gasteiger partial charge < -0.3 is 10.1 Å². The van der Waals surface area contributed by atoms with Gasteiger partial charge in [-0.25, -0.2) is 10.2 Å². The zero-order valence-electron chi connectivity index (χ0n) is 14.4. The van der Waals surface area contributed by atoms with Gasteiger partial charge in [0, 0.05) is 5.69 Å². The predicted molar refractivity (Wildman–Crippen MR) is 117 cm³/mol. The van der Waals surface area contributed by atoms with Crippen molar-refractivity contribution in [2.45, 2.75) is 0 Å². The molecule has 1 saturated heterocycles. The summed E-state index contributed by atoms with van der Waals surface area (Å²) in [5, 5.41) is 4.25. The molecule has 0 bridgehead atoms. The van der Waals surface area contributed by atoms with Crippen LogP contribution in [-0.4, -0.2) is 28.4 Å². The van der Waals surface area contributed by atoms with Crippen LogP contribution < -0.4 is 15.5 Å². The lowest BCUT2D eigenvalue weighted by molar-refractivity contribution is -0.123. The van der Waals surface area contributed by atoms with E-state index < -0.39 is 11.9 Å². The largest absolute Gasteiger partial charge is 0.497 e. The number of nitrogens with zero attached hydrogens (tertiary/aromatic N) is 1. The lowest BCUT2D eigenvalue weighted by Crippen LogP contribution is -2.46. The summed E-state index contributed by atoms with van der Waals surface area (Å²) in [5.74, 6) is 0.292. The van der Waals surface area contributed by atoms with Gasteiger partial charge in [-0.2, -0.15) is 5.01 Å². The second-order valence-electron chi connectivity index (χ2n) is 5.49. The molecule has 0 atom stereocenters. The zero-order chi connectivity index (χ0) is 20.3. The number of urea groups is 1. The highest BCUT2D eigenvalue weighted by Crippen LogP contribution is 2.31. The molecular formula is C18H13Cl2N3O3S2. The molecule has 10 heteroatoms. The van der Waals surface area contributed by atoms with Crippen LogP contribution in [0.4, 0.5) is 10.5 Å². The fourth-order valence-corrected chi connectivity index (χ4v) is 3.73. The van der Waals surface area contributed by atoms with Gasteiger partial charge >= 0.3 is 6.03 Å². The third-order valence-corrected chi connectivity index (χ3v) is 5.64. The minimum Gasteiger partial charge on any atom is -0.497 e. The van der Waals surface area contributed by atoms with Gasteiger partial charge in [-0.05, 0) is 54.2 Å². The van der Waals surface area contributed by atoms with Gasteiger partial charge in [-0.1, -0.05) is 47.1 Å². The number of nitrogens with one attached hydrogen (secondary N) is 2. The van der Waals surface area contributed by atoms with Gasteiger partial charge in [0.15, 0.2) is 4.32 Å². The summed E-state index contributed by atoms with van der Waals surface area (Å²) in [6, 6.07) is 11.2. The van der Waals surface area contributed by atoms with E-state index in [9.17, 15) is 9.59 Å². The SMILES string of the molecule is COc1ccc(/C=C2/SC(=S)N(NC(=O)Nc3ccc(Cl)c(Cl)c3)C2=O)cc1. The van der Waals surface area contributed by atoms with Crippen molar-refractivity contribution in [3.05, 3.63) is 63.0 Å². The number of thioether (sulfide) groups is 1. The van der Waals surface area contributed by atoms with Crippen LogP contribution in [0.25, 0.3) is 6.08 Å². The van der Waals surface area contributed by atoms with Crippen molar-refractivity contribution < 1.29 is 14.3 Å². The number of hydrazine groups is 1. The third kappa shape index (κ3) is 4.77. The summed E-state index contributed by atoms with van der Waals surface area (Å²) >= 11 is 18.1. The number of rotatable bonds is 4. The molecule has 0 radical (unpaired) electrons. The van der Waals surface area contributed by atoms with E-state index in [1.807, 2.05) is 12.1 Å². The summed E-state index contributed by atoms with van der Waals surface area (Å²) in [6.07, 6.45) is 1.69. The summed E-state index contributed by atoms with van der Waals surface area (Å²) in [5.41, 5.74) is 3.66. The molecule has 2 N–H and O–H groups in total. The van der Waals surface area contributed by atoms with Crippen LogP contribution in [-0.2, 0) is 4.79 Å². The van der Waals surface area contributed by atoms with Crippen LogP contribution >= 0.6 is 47.2 Å². The molecule has 0 aromatic heterocycles. The number of hydrogen-bond donors (Lipinski definition) is 2. The van der Waals surface area contributed by atoms with Crippen LogP contribution in [0, 0.1) is 0 Å². The molecule has 6 nitrogen and oxygen atoms in total. The first-order valence-electron chi connectivity index (χ1n) is 7.82. The Morgan fingerprint density at radius 2 is 1.89 bits per heavy atom. The number of ether oxygens (including phenoxy) is 1. The van der Waals surface area contributed by atoms with Gasteiger partial charge in [-0.3, -0.25) is 4.79 Å². The standard InChI is InChI=1S/C18H13Cl2N3O3S2/c1-26-12-5-2-10(3-6-12)8-15-16(24)23(18(27)28-15)22-17(25)21-11-4-7-13(19)14(20)9-11/h2-9H,1H3,(H2,21,22,25)/b15-8+. The van der Waals surface area contributed by atoms with Crippen molar-refractivity contribution in [1.82, 2.24) is 10.4 Å². The van der Waals surface area contributed by atoms with E-state index >= 15 is 0 Å². The molecule has 1 heterocycles. The minimum absolute atomic E-state index is 0.217. The average molecular weight is 454 g/mol. The van der Waals surface area contributed by atoms with Gasteiger partial charge in [-0.15, -0.1) is 0 Å². The van der Waals surface area contributed by atoms with E-state index in [0.29, 0.717) is 26.4 Å². The number of anilines is 1. The van der Waals surface area contributed by atoms with Crippen LogP contribution in [0.1, 0.15) is 5.56 Å². The maximum atomic E-state index is 12.6. The molecule has 0 aliphatic carbocycles. The molecule has 0 unspecified atom stereocenters. The molecule has 0 saturated carbocycles. The molecule has 0 spiro atoms. The summed E-state index contributed by atoms with van der Waals surface area (Å²) < 4.78 is 5.33. The van der Waals surface area contributed by atoms with Crippen LogP contribution in [0.3, 0.4) is 0 Å². The van der Waals surface area contributed by atoms with Gasteiger partial charge in [0.05, 0.1) is 22.1 Å². The zero-order valence-corrected chi connectivity index (χ0v) is 17.5. The van der Waals surface area contributed by atoms with E-state index in [1.165, 1.54) is 6.07 Å². The summed E-state index contributed by atoms with van der Waals surface area (Å²) in [7, 11) is 1.58. The van der Waals surface area contributed by atoms with Crippen molar-refractivity contribution in [2.24, 2.45) is 0 Å². The second kappa shape index (κ2) is 8.83. The maximum absolute atomic E-state index is 12.6. The number of halogens is 2. The quantitative estimate of drug-likeness (QED) is 0.506. The topological polar surface area (TPSA) is 70.7 Å². The van der Waals surface area contributed by atoms with Crippen LogP contribution in [0.2, 0.25) is 10.0 Å². The number of carbonyl (C=O) groups excluding carboxylic acids is 2. The average Bonchev–Trinajstić information content (AvgIpc) is 2.93. The maximum Gasteiger partial charge on any atom is 0.338 e. The van der Waals surface area contributed by atoms with E-state index in [4.69, 9.17) is 40.2 Å². The minimum atomic E-state index is -0.639. The van der Waals surface area contributed by atoms with Gasteiger partial charge in [0.1, 0.15) is 5.75 Å². The van der Waals surface area contributed by atoms with Crippen molar-refractivity contribution in [3.8, 4) is 5.75 Å². The molecule has 1 aliphatic heterocycles. The fraction of sp³-hybridized carbons (Fsp3) is 0.0556. The summed E-state index contributed by atoms with van der Waals surface area (Å²) in [4.78, 5) is 25.2. The van der Waals surface area contributed by atoms with Gasteiger partial charge in [0.2, 0.25) is 0 Å². The molecule has 3 amide bonds. The Morgan fingerprint density at radius 3 is 2.54 bits per heavy atom. The number of methoxy groups -OCH3 is 1. The third-order valence-electron chi connectivity index (χ3n) is 3.60. The monoisotopic (exact) mass is 453 g/mol. The first-order valence-corrected chi connectivity index (χ1v) is 9.80. The van der Waals surface area contributed by atoms with Crippen molar-refractivity contribution in [2.75, 3.05) is 12.4 Å². The summed E-state index contributed by atoms with van der Waals surface area (Å²) in [6.45, 7) is 0. The van der Waals surface area contributed by atoms with E-state index in [1.54, 1.807) is 37.5 Å². The fourth-order valence-electron chi connectivity index (χ4n) is 2.25. The smallest absolute Gasteiger partial charge is 0.338 e. The van der Waals surface area contributed by atoms with Crippen molar-refractivity contribution >= 4 is 75.2 Å². The molecule has 1 aliphatic rings. The Kier molecular flexibility index (Phi) is 6.46. The molecule has 3 rings (SSSR count). The number of thiocarbonyl (C=S) groups is 1. The Labute approximate surface area is 180 Å². The van der Waals surface area contributed by atoms with Crippen LogP contribution in [0.5, 0.6) is 5.75 Å². The van der Waals surface area contributed by atoms with Crippen molar-refractivity contribution in [1.29, 1.82) is 0 Å². The highest BCUT2D eigenvalue weighted by Gasteiger charge is 2.33. The Morgan fingerprint density at radius 1 is 1.18 bits per heavy atom. The molecule has 2 aromatic carbocycles. The first kappa shape index (κ1) is 20.5. The Hall–Kier alpha value is -2.26. The molecule has 2 aromatic rings.